The van der Waals surface area contributed by atoms with Crippen LogP contribution in [0.3, 0.4) is 0 Å². The minimum Gasteiger partial charge on any atom is -0.408 e. The minimum absolute atomic E-state index is 0.0470. The molecule has 1 amide bonds. The molecule has 158 valence electrons. The zero-order valence-electron chi connectivity index (χ0n) is 17.1. The van der Waals surface area contributed by atoms with Crippen LogP contribution in [0, 0.1) is 0 Å². The largest absolute Gasteiger partial charge is 0.420 e. The van der Waals surface area contributed by atoms with Gasteiger partial charge in [-0.2, -0.15) is 0 Å². The molecule has 7 nitrogen and oxygen atoms in total. The van der Waals surface area contributed by atoms with Crippen molar-refractivity contribution in [3.8, 4) is 0 Å². The van der Waals surface area contributed by atoms with Gasteiger partial charge in [0.15, 0.2) is 5.58 Å². The number of halogens is 1. The normalized spacial score (nSPS) is 15.1. The third kappa shape index (κ3) is 4.21. The number of amides is 1. The Balaban J connectivity index is 1.44. The number of para-hydroxylation sites is 2. The molecule has 0 unspecified atom stereocenters. The van der Waals surface area contributed by atoms with Gasteiger partial charge in [-0.1, -0.05) is 23.7 Å². The number of fused-ring (bicyclic) bond motifs is 1. The Kier molecular flexibility index (Phi) is 5.81. The van der Waals surface area contributed by atoms with Crippen LogP contribution in [0.5, 0.6) is 0 Å². The minimum atomic E-state index is -0.310. The molecule has 1 fully saturated rings. The number of carbonyl (C=O) groups is 1. The van der Waals surface area contributed by atoms with Crippen LogP contribution >= 0.6 is 11.6 Å². The molecule has 0 atom stereocenters. The number of rotatable bonds is 5. The van der Waals surface area contributed by atoms with Crippen molar-refractivity contribution in [1.82, 2.24) is 14.9 Å². The summed E-state index contributed by atoms with van der Waals surface area (Å²) in [7, 11) is 0. The molecule has 0 aliphatic carbocycles. The predicted octanol–water partition coefficient (Wildman–Crippen LogP) is 3.55. The van der Waals surface area contributed by atoms with Crippen molar-refractivity contribution in [2.24, 2.45) is 0 Å². The number of aromatic nitrogens is 2. The van der Waals surface area contributed by atoms with E-state index < -0.39 is 0 Å². The summed E-state index contributed by atoms with van der Waals surface area (Å²) >= 11 is 6.49. The molecule has 30 heavy (non-hydrogen) atoms. The van der Waals surface area contributed by atoms with Gasteiger partial charge in [0.05, 0.1) is 17.0 Å². The van der Waals surface area contributed by atoms with Crippen molar-refractivity contribution in [2.75, 3.05) is 18.0 Å². The van der Waals surface area contributed by atoms with Crippen molar-refractivity contribution in [1.29, 1.82) is 0 Å². The van der Waals surface area contributed by atoms with E-state index in [4.69, 9.17) is 16.0 Å². The Morgan fingerprint density at radius 1 is 1.30 bits per heavy atom. The molecule has 8 heteroatoms. The van der Waals surface area contributed by atoms with Crippen molar-refractivity contribution >= 4 is 34.4 Å². The quantitative estimate of drug-likeness (QED) is 0.672. The lowest BCUT2D eigenvalue weighted by molar-refractivity contribution is -0.120. The topological polar surface area (TPSA) is 80.4 Å². The van der Waals surface area contributed by atoms with Gasteiger partial charge in [0.2, 0.25) is 5.91 Å². The van der Waals surface area contributed by atoms with E-state index in [2.05, 4.69) is 15.2 Å². The average Bonchev–Trinajstić information content (AvgIpc) is 3.03. The zero-order valence-corrected chi connectivity index (χ0v) is 17.9. The third-order valence-corrected chi connectivity index (χ3v) is 5.62. The number of oxazole rings is 1. The molecule has 0 saturated carbocycles. The maximum absolute atomic E-state index is 12.4. The number of benzene rings is 1. The van der Waals surface area contributed by atoms with Crippen LogP contribution in [0.1, 0.15) is 38.3 Å². The van der Waals surface area contributed by atoms with Gasteiger partial charge in [0.25, 0.3) is 0 Å². The summed E-state index contributed by atoms with van der Waals surface area (Å²) < 4.78 is 7.14. The molecule has 4 rings (SSSR count). The summed E-state index contributed by atoms with van der Waals surface area (Å²) in [5.41, 5.74) is 2.24. The third-order valence-electron chi connectivity index (χ3n) is 5.34. The molecule has 1 aromatic carbocycles. The second kappa shape index (κ2) is 8.52. The highest BCUT2D eigenvalue weighted by molar-refractivity contribution is 6.33. The van der Waals surface area contributed by atoms with Crippen LogP contribution in [-0.4, -0.2) is 34.6 Å². The van der Waals surface area contributed by atoms with Crippen LogP contribution in [0.2, 0.25) is 5.02 Å². The van der Waals surface area contributed by atoms with Gasteiger partial charge in [-0.05, 0) is 50.5 Å². The number of anilines is 1. The fraction of sp³-hybridized carbons (Fsp3) is 0.409. The smallest absolute Gasteiger partial charge is 0.408 e. The number of hydrogen-bond donors (Lipinski definition) is 1. The summed E-state index contributed by atoms with van der Waals surface area (Å²) in [5, 5.41) is 3.40. The van der Waals surface area contributed by atoms with Crippen LogP contribution < -0.4 is 16.0 Å². The van der Waals surface area contributed by atoms with Crippen molar-refractivity contribution in [3.63, 3.8) is 0 Å². The Morgan fingerprint density at radius 2 is 2.03 bits per heavy atom. The summed E-state index contributed by atoms with van der Waals surface area (Å²) in [6.45, 7) is 5.32. The molecule has 2 aromatic heterocycles. The molecular weight excluding hydrogens is 404 g/mol. The zero-order chi connectivity index (χ0) is 21.3. The first-order chi connectivity index (χ1) is 14.4. The number of hydrogen-bond acceptors (Lipinski definition) is 5. The summed E-state index contributed by atoms with van der Waals surface area (Å²) in [4.78, 5) is 31.0. The van der Waals surface area contributed by atoms with E-state index in [9.17, 15) is 9.59 Å². The Labute approximate surface area is 179 Å². The van der Waals surface area contributed by atoms with E-state index in [-0.39, 0.29) is 30.2 Å². The molecule has 3 heterocycles. The summed E-state index contributed by atoms with van der Waals surface area (Å²) in [6, 6.07) is 9.49. The van der Waals surface area contributed by atoms with Gasteiger partial charge in [-0.3, -0.25) is 9.36 Å². The number of carbonyl (C=O) groups excluding carboxylic acids is 1. The van der Waals surface area contributed by atoms with Crippen molar-refractivity contribution in [2.45, 2.75) is 45.2 Å². The molecule has 3 aromatic rings. The van der Waals surface area contributed by atoms with Crippen LogP contribution in [-0.2, 0) is 11.2 Å². The Morgan fingerprint density at radius 3 is 2.73 bits per heavy atom. The van der Waals surface area contributed by atoms with Gasteiger partial charge >= 0.3 is 5.76 Å². The highest BCUT2D eigenvalue weighted by atomic mass is 35.5. The van der Waals surface area contributed by atoms with E-state index in [1.807, 2.05) is 44.2 Å². The number of piperidine rings is 1. The van der Waals surface area contributed by atoms with E-state index in [1.165, 1.54) is 0 Å². The monoisotopic (exact) mass is 428 g/mol. The highest BCUT2D eigenvalue weighted by Gasteiger charge is 2.26. The molecule has 1 saturated heterocycles. The molecular formula is C22H25ClN4O3. The van der Waals surface area contributed by atoms with E-state index in [1.54, 1.807) is 10.8 Å². The van der Waals surface area contributed by atoms with Crippen LogP contribution in [0.15, 0.2) is 45.7 Å². The Hall–Kier alpha value is -2.80. The maximum atomic E-state index is 12.4. The molecule has 1 N–H and O–H groups in total. The van der Waals surface area contributed by atoms with E-state index >= 15 is 0 Å². The van der Waals surface area contributed by atoms with Gasteiger partial charge in [0.1, 0.15) is 5.82 Å². The van der Waals surface area contributed by atoms with Crippen molar-refractivity contribution in [3.05, 3.63) is 57.7 Å². The fourth-order valence-electron chi connectivity index (χ4n) is 4.02. The fourth-order valence-corrected chi connectivity index (χ4v) is 4.33. The lowest BCUT2D eigenvalue weighted by Gasteiger charge is -2.33. The molecule has 0 spiro atoms. The second-order valence-corrected chi connectivity index (χ2v) is 8.38. The first-order valence-electron chi connectivity index (χ1n) is 10.2. The lowest BCUT2D eigenvalue weighted by atomic mass is 10.0. The molecule has 0 radical (unpaired) electrons. The van der Waals surface area contributed by atoms with Gasteiger partial charge in [-0.25, -0.2) is 9.78 Å². The van der Waals surface area contributed by atoms with E-state index in [0.717, 1.165) is 37.0 Å². The summed E-state index contributed by atoms with van der Waals surface area (Å²) in [5.74, 6) is 0.358. The number of nitrogens with one attached hydrogen (secondary N) is 1. The number of nitrogens with zero attached hydrogens (tertiary/aromatic N) is 3. The molecule has 1 aliphatic rings. The van der Waals surface area contributed by atoms with Gasteiger partial charge in [0, 0.05) is 31.4 Å². The molecule has 1 aliphatic heterocycles. The van der Waals surface area contributed by atoms with Gasteiger partial charge in [-0.15, -0.1) is 0 Å². The Bertz CT molecular complexity index is 1110. The standard InChI is InChI=1S/C22H25ClN4O3/c1-14(2)25-20(28)12-15-11-17(23)21(24-13-15)26-9-7-16(8-10-26)27-18-5-3-4-6-19(18)30-22(27)29/h3-6,11,13-14,16H,7-10,12H2,1-2H3,(H,25,28). The molecule has 0 bridgehead atoms. The maximum Gasteiger partial charge on any atom is 0.420 e. The second-order valence-electron chi connectivity index (χ2n) is 7.97. The van der Waals surface area contributed by atoms with E-state index in [0.29, 0.717) is 16.4 Å². The number of pyridine rings is 1. The highest BCUT2D eigenvalue weighted by Crippen LogP contribution is 2.31. The van der Waals surface area contributed by atoms with Crippen LogP contribution in [0.25, 0.3) is 11.1 Å². The van der Waals surface area contributed by atoms with Crippen LogP contribution in [0.4, 0.5) is 5.82 Å². The lowest BCUT2D eigenvalue weighted by Crippen LogP contribution is -2.37. The summed E-state index contributed by atoms with van der Waals surface area (Å²) in [6.07, 6.45) is 3.55. The first kappa shape index (κ1) is 20.5. The SMILES string of the molecule is CC(C)NC(=O)Cc1cnc(N2CCC(n3c(=O)oc4ccccc43)CC2)c(Cl)c1. The average molecular weight is 429 g/mol. The van der Waals surface area contributed by atoms with Crippen molar-refractivity contribution < 1.29 is 9.21 Å². The first-order valence-corrected chi connectivity index (χ1v) is 10.6. The predicted molar refractivity (Wildman–Crippen MR) is 117 cm³/mol. The van der Waals surface area contributed by atoms with Gasteiger partial charge < -0.3 is 14.6 Å².